The first-order valence-electron chi connectivity index (χ1n) is 5.68. The number of fused-ring (bicyclic) bond motifs is 1. The summed E-state index contributed by atoms with van der Waals surface area (Å²) in [5, 5.41) is 1.32. The summed E-state index contributed by atoms with van der Waals surface area (Å²) >= 11 is 0. The van der Waals surface area contributed by atoms with Gasteiger partial charge in [-0.25, -0.2) is 0 Å². The summed E-state index contributed by atoms with van der Waals surface area (Å²) in [6.07, 6.45) is 6.27. The summed E-state index contributed by atoms with van der Waals surface area (Å²) in [6, 6.07) is 9.48. The highest BCUT2D eigenvalue weighted by molar-refractivity contribution is 5.81. The minimum Gasteiger partial charge on any atom is -0.344 e. The largest absolute Gasteiger partial charge is 0.344 e. The Morgan fingerprint density at radius 2 is 2.13 bits per heavy atom. The second kappa shape index (κ2) is 3.38. The Kier molecular flexibility index (Phi) is 2.03. The number of benzene rings is 1. The lowest BCUT2D eigenvalue weighted by atomic mass is 9.93. The fraction of sp³-hybridized carbons (Fsp3) is 0.385. The molecule has 0 bridgehead atoms. The average molecular weight is 200 g/mol. The first-order chi connectivity index (χ1) is 7.38. The van der Waals surface area contributed by atoms with Crippen molar-refractivity contribution in [2.45, 2.75) is 31.8 Å². The molecule has 0 amide bonds. The average Bonchev–Trinajstić information content (AvgIpc) is 2.59. The van der Waals surface area contributed by atoms with Gasteiger partial charge in [0, 0.05) is 24.3 Å². The van der Waals surface area contributed by atoms with Crippen LogP contribution in [-0.2, 0) is 6.54 Å². The Labute approximate surface area is 89.7 Å². The molecule has 0 unspecified atom stereocenters. The molecule has 1 saturated carbocycles. The van der Waals surface area contributed by atoms with Crippen LogP contribution in [0.25, 0.3) is 10.9 Å². The van der Waals surface area contributed by atoms with Gasteiger partial charge in [0.1, 0.15) is 0 Å². The topological polar surface area (TPSA) is 30.9 Å². The van der Waals surface area contributed by atoms with E-state index in [9.17, 15) is 0 Å². The van der Waals surface area contributed by atoms with E-state index in [2.05, 4.69) is 35.0 Å². The summed E-state index contributed by atoms with van der Waals surface area (Å²) in [7, 11) is 0. The summed E-state index contributed by atoms with van der Waals surface area (Å²) < 4.78 is 2.42. The molecule has 3 rings (SSSR count). The standard InChI is InChI=1S/C13H16N2/c14-9-10-4-5-13-11(8-10)6-7-15(13)12-2-1-3-12/h4-8,12H,1-3,9,14H2. The Bertz CT molecular complexity index is 480. The number of nitrogens with two attached hydrogens (primary N) is 1. The molecule has 1 aliphatic rings. The number of nitrogens with zero attached hydrogens (tertiary/aromatic N) is 1. The van der Waals surface area contributed by atoms with Gasteiger partial charge in [-0.05, 0) is 48.4 Å². The van der Waals surface area contributed by atoms with Crippen molar-refractivity contribution in [1.82, 2.24) is 4.57 Å². The smallest absolute Gasteiger partial charge is 0.0483 e. The van der Waals surface area contributed by atoms with Crippen molar-refractivity contribution in [2.24, 2.45) is 5.73 Å². The zero-order valence-electron chi connectivity index (χ0n) is 8.82. The lowest BCUT2D eigenvalue weighted by Gasteiger charge is -2.28. The van der Waals surface area contributed by atoms with E-state index in [1.54, 1.807) is 0 Å². The number of hydrogen-bond donors (Lipinski definition) is 1. The van der Waals surface area contributed by atoms with Gasteiger partial charge in [-0.3, -0.25) is 0 Å². The number of hydrogen-bond acceptors (Lipinski definition) is 1. The SMILES string of the molecule is NCc1ccc2c(ccn2C2CCC2)c1. The van der Waals surface area contributed by atoms with Gasteiger partial charge in [-0.1, -0.05) is 6.07 Å². The Morgan fingerprint density at radius 3 is 2.80 bits per heavy atom. The van der Waals surface area contributed by atoms with E-state index < -0.39 is 0 Å². The Morgan fingerprint density at radius 1 is 1.27 bits per heavy atom. The van der Waals surface area contributed by atoms with Crippen LogP contribution in [0, 0.1) is 0 Å². The van der Waals surface area contributed by atoms with E-state index >= 15 is 0 Å². The summed E-state index contributed by atoms with van der Waals surface area (Å²) in [5.41, 5.74) is 8.21. The molecule has 2 heteroatoms. The second-order valence-electron chi connectivity index (χ2n) is 4.41. The molecule has 1 aromatic carbocycles. The van der Waals surface area contributed by atoms with Crippen molar-refractivity contribution >= 4 is 10.9 Å². The maximum absolute atomic E-state index is 5.64. The van der Waals surface area contributed by atoms with Crippen LogP contribution in [0.4, 0.5) is 0 Å². The third-order valence-electron chi connectivity index (χ3n) is 3.49. The summed E-state index contributed by atoms with van der Waals surface area (Å²) in [5.74, 6) is 0. The predicted octanol–water partition coefficient (Wildman–Crippen LogP) is 2.83. The predicted molar refractivity (Wildman–Crippen MR) is 62.7 cm³/mol. The summed E-state index contributed by atoms with van der Waals surface area (Å²) in [6.45, 7) is 0.630. The van der Waals surface area contributed by atoms with E-state index in [1.807, 2.05) is 0 Å². The maximum Gasteiger partial charge on any atom is 0.0483 e. The van der Waals surface area contributed by atoms with Crippen molar-refractivity contribution in [2.75, 3.05) is 0 Å². The van der Waals surface area contributed by atoms with Gasteiger partial charge in [0.25, 0.3) is 0 Å². The van der Waals surface area contributed by atoms with E-state index in [-0.39, 0.29) is 0 Å². The molecule has 15 heavy (non-hydrogen) atoms. The fourth-order valence-electron chi connectivity index (χ4n) is 2.32. The van der Waals surface area contributed by atoms with Crippen molar-refractivity contribution in [1.29, 1.82) is 0 Å². The van der Waals surface area contributed by atoms with Gasteiger partial charge < -0.3 is 10.3 Å². The fourth-order valence-corrected chi connectivity index (χ4v) is 2.32. The zero-order chi connectivity index (χ0) is 10.3. The van der Waals surface area contributed by atoms with Gasteiger partial charge in [0.05, 0.1) is 0 Å². The van der Waals surface area contributed by atoms with Crippen molar-refractivity contribution in [3.05, 3.63) is 36.0 Å². The normalized spacial score (nSPS) is 16.9. The highest BCUT2D eigenvalue weighted by atomic mass is 15.0. The molecule has 1 aliphatic carbocycles. The summed E-state index contributed by atoms with van der Waals surface area (Å²) in [4.78, 5) is 0. The highest BCUT2D eigenvalue weighted by Gasteiger charge is 2.20. The minimum atomic E-state index is 0.630. The maximum atomic E-state index is 5.64. The van der Waals surface area contributed by atoms with Crippen LogP contribution in [0.5, 0.6) is 0 Å². The Hall–Kier alpha value is -1.28. The molecule has 0 saturated heterocycles. The first kappa shape index (κ1) is 8.98. The minimum absolute atomic E-state index is 0.630. The van der Waals surface area contributed by atoms with Crippen LogP contribution in [-0.4, -0.2) is 4.57 Å². The highest BCUT2D eigenvalue weighted by Crippen LogP contribution is 2.34. The van der Waals surface area contributed by atoms with Gasteiger partial charge in [-0.2, -0.15) is 0 Å². The molecule has 0 aliphatic heterocycles. The first-order valence-corrected chi connectivity index (χ1v) is 5.68. The lowest BCUT2D eigenvalue weighted by Crippen LogP contribution is -2.15. The van der Waals surface area contributed by atoms with E-state index in [0.717, 1.165) is 6.04 Å². The molecule has 78 valence electrons. The molecule has 0 atom stereocenters. The van der Waals surface area contributed by atoms with E-state index in [4.69, 9.17) is 5.73 Å². The molecular formula is C13H16N2. The van der Waals surface area contributed by atoms with Gasteiger partial charge in [0.2, 0.25) is 0 Å². The molecule has 2 nitrogen and oxygen atoms in total. The zero-order valence-corrected chi connectivity index (χ0v) is 8.82. The van der Waals surface area contributed by atoms with Crippen molar-refractivity contribution in [3.63, 3.8) is 0 Å². The molecule has 1 heterocycles. The van der Waals surface area contributed by atoms with Gasteiger partial charge >= 0.3 is 0 Å². The van der Waals surface area contributed by atoms with E-state index in [1.165, 1.54) is 35.7 Å². The van der Waals surface area contributed by atoms with Crippen LogP contribution in [0.1, 0.15) is 30.9 Å². The number of aromatic nitrogens is 1. The molecule has 0 radical (unpaired) electrons. The van der Waals surface area contributed by atoms with Crippen LogP contribution in [0.2, 0.25) is 0 Å². The molecule has 1 aromatic heterocycles. The van der Waals surface area contributed by atoms with Crippen LogP contribution < -0.4 is 5.73 Å². The van der Waals surface area contributed by atoms with Crippen molar-refractivity contribution in [3.8, 4) is 0 Å². The monoisotopic (exact) mass is 200 g/mol. The van der Waals surface area contributed by atoms with Gasteiger partial charge in [-0.15, -0.1) is 0 Å². The van der Waals surface area contributed by atoms with Crippen LogP contribution in [0.15, 0.2) is 30.5 Å². The molecule has 1 fully saturated rings. The third kappa shape index (κ3) is 1.37. The lowest BCUT2D eigenvalue weighted by molar-refractivity contribution is 0.321. The van der Waals surface area contributed by atoms with E-state index in [0.29, 0.717) is 6.54 Å². The molecule has 2 aromatic rings. The van der Waals surface area contributed by atoms with Crippen LogP contribution >= 0.6 is 0 Å². The van der Waals surface area contributed by atoms with Crippen LogP contribution in [0.3, 0.4) is 0 Å². The van der Waals surface area contributed by atoms with Crippen molar-refractivity contribution < 1.29 is 0 Å². The molecular weight excluding hydrogens is 184 g/mol. The quantitative estimate of drug-likeness (QED) is 0.794. The molecule has 0 spiro atoms. The molecule has 2 N–H and O–H groups in total. The Balaban J connectivity index is 2.09. The third-order valence-corrected chi connectivity index (χ3v) is 3.49. The van der Waals surface area contributed by atoms with Gasteiger partial charge in [0.15, 0.2) is 0 Å². The second-order valence-corrected chi connectivity index (χ2v) is 4.41. The number of rotatable bonds is 2.